The first-order valence-electron chi connectivity index (χ1n) is 9.32. The molecule has 4 aromatic rings. The van der Waals surface area contributed by atoms with Gasteiger partial charge in [-0.25, -0.2) is 4.79 Å². The van der Waals surface area contributed by atoms with Crippen LogP contribution in [-0.2, 0) is 11.3 Å². The lowest BCUT2D eigenvalue weighted by molar-refractivity contribution is 0.0461. The fraction of sp³-hybridized carbons (Fsp3) is 0.0435. The van der Waals surface area contributed by atoms with Gasteiger partial charge in [0.25, 0.3) is 11.8 Å². The van der Waals surface area contributed by atoms with Gasteiger partial charge < -0.3 is 14.6 Å². The molecule has 0 aliphatic rings. The summed E-state index contributed by atoms with van der Waals surface area (Å²) in [4.78, 5) is 29.2. The van der Waals surface area contributed by atoms with Crippen molar-refractivity contribution in [3.63, 3.8) is 0 Å². The Labute approximate surface area is 182 Å². The molecule has 1 amide bonds. The number of halogens is 1. The van der Waals surface area contributed by atoms with E-state index in [0.29, 0.717) is 21.8 Å². The number of amides is 1. The first kappa shape index (κ1) is 20.3. The third-order valence-electron chi connectivity index (χ3n) is 4.34. The Balaban J connectivity index is 1.44. The summed E-state index contributed by atoms with van der Waals surface area (Å²) in [6.07, 6.45) is 0. The highest BCUT2D eigenvalue weighted by Gasteiger charge is 2.17. The highest BCUT2D eigenvalue weighted by molar-refractivity contribution is 6.33. The number of hydrogen-bond donors (Lipinski definition) is 1. The van der Waals surface area contributed by atoms with Crippen LogP contribution in [0.1, 0.15) is 26.5 Å². The summed E-state index contributed by atoms with van der Waals surface area (Å²) >= 11 is 6.13. The van der Waals surface area contributed by atoms with Crippen molar-refractivity contribution in [2.45, 2.75) is 6.61 Å². The average molecular weight is 434 g/mol. The number of carbonyl (C=O) groups excluding carboxylic acids is 2. The summed E-state index contributed by atoms with van der Waals surface area (Å²) in [5, 5.41) is 7.02. The van der Waals surface area contributed by atoms with Crippen molar-refractivity contribution >= 4 is 29.2 Å². The maximum Gasteiger partial charge on any atom is 0.340 e. The fourth-order valence-electron chi connectivity index (χ4n) is 2.82. The zero-order valence-corrected chi connectivity index (χ0v) is 16.9. The molecule has 0 aliphatic heterocycles. The van der Waals surface area contributed by atoms with Crippen LogP contribution in [0, 0.1) is 0 Å². The van der Waals surface area contributed by atoms with Gasteiger partial charge in [-0.15, -0.1) is 0 Å². The van der Waals surface area contributed by atoms with E-state index in [4.69, 9.17) is 20.9 Å². The molecule has 1 aromatic heterocycles. The molecular weight excluding hydrogens is 418 g/mol. The van der Waals surface area contributed by atoms with Crippen LogP contribution < -0.4 is 5.32 Å². The second kappa shape index (κ2) is 9.23. The zero-order valence-electron chi connectivity index (χ0n) is 16.1. The molecule has 7 nitrogen and oxygen atoms in total. The van der Waals surface area contributed by atoms with Gasteiger partial charge in [-0.05, 0) is 36.4 Å². The van der Waals surface area contributed by atoms with Gasteiger partial charge in [0.2, 0.25) is 5.82 Å². The van der Waals surface area contributed by atoms with Crippen molar-refractivity contribution in [2.24, 2.45) is 0 Å². The van der Waals surface area contributed by atoms with Crippen LogP contribution in [0.5, 0.6) is 0 Å². The van der Waals surface area contributed by atoms with Crippen molar-refractivity contribution < 1.29 is 18.8 Å². The topological polar surface area (TPSA) is 94.3 Å². The summed E-state index contributed by atoms with van der Waals surface area (Å²) in [5.41, 5.74) is 1.61. The lowest BCUT2D eigenvalue weighted by Gasteiger charge is -2.10. The molecule has 4 rings (SSSR count). The Bertz CT molecular complexity index is 1220. The lowest BCUT2D eigenvalue weighted by Crippen LogP contribution is -2.16. The van der Waals surface area contributed by atoms with Crippen LogP contribution in [0.3, 0.4) is 0 Å². The molecule has 1 heterocycles. The van der Waals surface area contributed by atoms with Gasteiger partial charge >= 0.3 is 5.97 Å². The van der Waals surface area contributed by atoms with Gasteiger partial charge in [-0.3, -0.25) is 4.79 Å². The summed E-state index contributed by atoms with van der Waals surface area (Å²) < 4.78 is 10.5. The van der Waals surface area contributed by atoms with E-state index in [2.05, 4.69) is 15.5 Å². The number of anilines is 1. The van der Waals surface area contributed by atoms with E-state index in [1.165, 1.54) is 0 Å². The smallest absolute Gasteiger partial charge is 0.340 e. The molecule has 0 radical (unpaired) electrons. The van der Waals surface area contributed by atoms with Crippen LogP contribution >= 0.6 is 11.6 Å². The third kappa shape index (κ3) is 4.79. The SMILES string of the molecule is O=C(Nc1ccccc1C(=O)OCc1noc(-c2ccccc2Cl)n1)c1ccccc1. The van der Waals surface area contributed by atoms with Crippen LogP contribution in [-0.4, -0.2) is 22.0 Å². The number of hydrogen-bond acceptors (Lipinski definition) is 6. The van der Waals surface area contributed by atoms with Crippen LogP contribution in [0.25, 0.3) is 11.5 Å². The van der Waals surface area contributed by atoms with Crippen molar-refractivity contribution in [1.29, 1.82) is 0 Å². The molecule has 0 spiro atoms. The van der Waals surface area contributed by atoms with Gasteiger partial charge in [-0.2, -0.15) is 4.98 Å². The molecule has 0 aliphatic carbocycles. The monoisotopic (exact) mass is 433 g/mol. The fourth-order valence-corrected chi connectivity index (χ4v) is 3.04. The van der Waals surface area contributed by atoms with E-state index in [9.17, 15) is 9.59 Å². The number of ether oxygens (including phenoxy) is 1. The van der Waals surface area contributed by atoms with E-state index in [0.717, 1.165) is 0 Å². The normalized spacial score (nSPS) is 10.5. The number of nitrogens with one attached hydrogen (secondary N) is 1. The van der Waals surface area contributed by atoms with E-state index < -0.39 is 5.97 Å². The number of benzene rings is 3. The predicted molar refractivity (Wildman–Crippen MR) is 115 cm³/mol. The highest BCUT2D eigenvalue weighted by atomic mass is 35.5. The molecule has 31 heavy (non-hydrogen) atoms. The van der Waals surface area contributed by atoms with Crippen molar-refractivity contribution in [3.8, 4) is 11.5 Å². The Morgan fingerprint density at radius 1 is 0.935 bits per heavy atom. The molecule has 0 saturated carbocycles. The minimum Gasteiger partial charge on any atom is -0.454 e. The van der Waals surface area contributed by atoms with Gasteiger partial charge in [0, 0.05) is 5.56 Å². The minimum absolute atomic E-state index is 0.189. The first-order valence-corrected chi connectivity index (χ1v) is 9.69. The van der Waals surface area contributed by atoms with Crippen LogP contribution in [0.2, 0.25) is 5.02 Å². The maximum atomic E-state index is 12.6. The molecule has 3 aromatic carbocycles. The number of para-hydroxylation sites is 1. The molecule has 1 N–H and O–H groups in total. The molecule has 0 atom stereocenters. The summed E-state index contributed by atoms with van der Waals surface area (Å²) in [7, 11) is 0. The maximum absolute atomic E-state index is 12.6. The second-order valence-corrected chi connectivity index (χ2v) is 6.84. The number of esters is 1. The first-order chi connectivity index (χ1) is 15.1. The minimum atomic E-state index is -0.631. The molecule has 0 bridgehead atoms. The molecule has 0 fully saturated rings. The van der Waals surface area contributed by atoms with E-state index in [-0.39, 0.29) is 29.8 Å². The Morgan fingerprint density at radius 2 is 1.65 bits per heavy atom. The standard InChI is InChI=1S/C23H16ClN3O4/c24-18-12-6-4-10-16(18)22-26-20(27-31-22)14-30-23(29)17-11-5-7-13-19(17)25-21(28)15-8-2-1-3-9-15/h1-13H,14H2,(H,25,28). The molecule has 154 valence electrons. The number of nitrogens with zero attached hydrogens (tertiary/aromatic N) is 2. The van der Waals surface area contributed by atoms with Crippen LogP contribution in [0.4, 0.5) is 5.69 Å². The van der Waals surface area contributed by atoms with Crippen molar-refractivity contribution in [3.05, 3.63) is 101 Å². The number of carbonyl (C=O) groups is 2. The summed E-state index contributed by atoms with van der Waals surface area (Å²) in [6.45, 7) is -0.201. The second-order valence-electron chi connectivity index (χ2n) is 6.44. The Morgan fingerprint density at radius 3 is 2.45 bits per heavy atom. The lowest BCUT2D eigenvalue weighted by atomic mass is 10.1. The van der Waals surface area contributed by atoms with Gasteiger partial charge in [0.1, 0.15) is 0 Å². The molecular formula is C23H16ClN3O4. The number of aromatic nitrogens is 2. The van der Waals surface area contributed by atoms with Gasteiger partial charge in [0.05, 0.1) is 21.8 Å². The predicted octanol–water partition coefficient (Wildman–Crippen LogP) is 5.00. The number of rotatable bonds is 6. The van der Waals surface area contributed by atoms with Crippen molar-refractivity contribution in [2.75, 3.05) is 5.32 Å². The quantitative estimate of drug-likeness (QED) is 0.430. The molecule has 8 heteroatoms. The summed E-state index contributed by atoms with van der Waals surface area (Å²) in [6, 6.07) is 22.3. The molecule has 0 unspecified atom stereocenters. The Hall–Kier alpha value is -3.97. The van der Waals surface area contributed by atoms with Gasteiger partial charge in [-0.1, -0.05) is 59.2 Å². The third-order valence-corrected chi connectivity index (χ3v) is 4.67. The highest BCUT2D eigenvalue weighted by Crippen LogP contribution is 2.26. The van der Waals surface area contributed by atoms with E-state index >= 15 is 0 Å². The van der Waals surface area contributed by atoms with Gasteiger partial charge in [0.15, 0.2) is 6.61 Å². The van der Waals surface area contributed by atoms with E-state index in [1.54, 1.807) is 72.8 Å². The van der Waals surface area contributed by atoms with E-state index in [1.807, 2.05) is 6.07 Å². The molecule has 0 saturated heterocycles. The largest absolute Gasteiger partial charge is 0.454 e. The van der Waals surface area contributed by atoms with Crippen LogP contribution in [0.15, 0.2) is 83.4 Å². The average Bonchev–Trinajstić information content (AvgIpc) is 3.27. The zero-order chi connectivity index (χ0) is 21.6. The van der Waals surface area contributed by atoms with Crippen molar-refractivity contribution in [1.82, 2.24) is 10.1 Å². The summed E-state index contributed by atoms with van der Waals surface area (Å²) in [5.74, 6) is -0.544. The Kier molecular flexibility index (Phi) is 6.05.